The predicted octanol–water partition coefficient (Wildman–Crippen LogP) is 1.40. The van der Waals surface area contributed by atoms with Gasteiger partial charge in [-0.1, -0.05) is 23.7 Å². The van der Waals surface area contributed by atoms with Crippen molar-refractivity contribution in [2.75, 3.05) is 0 Å². The minimum Gasteiger partial charge on any atom is -0.298 e. The minimum atomic E-state index is -4.44. The highest BCUT2D eigenvalue weighted by atomic mass is 35.5. The van der Waals surface area contributed by atoms with Crippen molar-refractivity contribution in [2.45, 2.75) is 4.90 Å². The second-order valence-electron chi connectivity index (χ2n) is 2.25. The third-order valence-electron chi connectivity index (χ3n) is 1.38. The van der Waals surface area contributed by atoms with Gasteiger partial charge in [0.1, 0.15) is 4.90 Å². The highest BCUT2D eigenvalue weighted by Gasteiger charge is 2.18. The van der Waals surface area contributed by atoms with E-state index in [-0.39, 0.29) is 10.6 Å². The van der Waals surface area contributed by atoms with E-state index in [1.165, 1.54) is 18.2 Å². The van der Waals surface area contributed by atoms with Gasteiger partial charge in [0.15, 0.2) is 6.29 Å². The first kappa shape index (κ1) is 10.2. The molecule has 0 heterocycles. The van der Waals surface area contributed by atoms with Gasteiger partial charge in [0.05, 0.1) is 5.02 Å². The van der Waals surface area contributed by atoms with Crippen LogP contribution >= 0.6 is 11.6 Å². The molecule has 0 unspecified atom stereocenters. The lowest BCUT2D eigenvalue weighted by atomic mass is 10.2. The van der Waals surface area contributed by atoms with Crippen LogP contribution in [0.2, 0.25) is 5.02 Å². The lowest BCUT2D eigenvalue weighted by Gasteiger charge is -2.02. The molecule has 0 radical (unpaired) electrons. The van der Waals surface area contributed by atoms with Crippen LogP contribution in [-0.4, -0.2) is 19.3 Å². The molecule has 1 aromatic rings. The van der Waals surface area contributed by atoms with Crippen LogP contribution in [0.25, 0.3) is 0 Å². The first-order valence-electron chi connectivity index (χ1n) is 3.18. The average molecular weight is 221 g/mol. The average Bonchev–Trinajstić information content (AvgIpc) is 2.01. The molecule has 0 saturated carbocycles. The molecule has 0 aliphatic rings. The monoisotopic (exact) mass is 220 g/mol. The molecule has 0 amide bonds. The number of carbonyl (C=O) groups is 1. The Kier molecular flexibility index (Phi) is 2.70. The highest BCUT2D eigenvalue weighted by molar-refractivity contribution is 7.86. The molecular formula is C7H5ClO4S. The second-order valence-corrected chi connectivity index (χ2v) is 4.02. The van der Waals surface area contributed by atoms with Gasteiger partial charge in [0.2, 0.25) is 0 Å². The summed E-state index contributed by atoms with van der Waals surface area (Å²) in [6.07, 6.45) is 0.314. The topological polar surface area (TPSA) is 71.4 Å². The molecule has 1 N–H and O–H groups in total. The number of aldehydes is 1. The van der Waals surface area contributed by atoms with Crippen molar-refractivity contribution in [3.05, 3.63) is 28.8 Å². The fourth-order valence-electron chi connectivity index (χ4n) is 0.890. The standard InChI is InChI=1S/C7H5ClO4S/c8-6-3-1-2-5(4-9)7(6)13(10,11)12/h1-4H,(H,10,11,12). The van der Waals surface area contributed by atoms with Crippen LogP contribution < -0.4 is 0 Å². The van der Waals surface area contributed by atoms with Crippen LogP contribution in [0.1, 0.15) is 10.4 Å². The Hall–Kier alpha value is -0.910. The minimum absolute atomic E-state index is 0.157. The summed E-state index contributed by atoms with van der Waals surface area (Å²) in [6.45, 7) is 0. The molecule has 0 aromatic heterocycles. The summed E-state index contributed by atoms with van der Waals surface area (Å²) in [5.74, 6) is 0. The third-order valence-corrected chi connectivity index (χ3v) is 2.78. The molecular weight excluding hydrogens is 216 g/mol. The fourth-order valence-corrected chi connectivity index (χ4v) is 2.09. The van der Waals surface area contributed by atoms with Gasteiger partial charge in [-0.25, -0.2) is 0 Å². The SMILES string of the molecule is O=Cc1cccc(Cl)c1S(=O)(=O)O. The van der Waals surface area contributed by atoms with Crippen molar-refractivity contribution in [2.24, 2.45) is 0 Å². The van der Waals surface area contributed by atoms with Crippen molar-refractivity contribution in [1.82, 2.24) is 0 Å². The molecule has 1 rings (SSSR count). The van der Waals surface area contributed by atoms with Gasteiger partial charge in [-0.05, 0) is 6.07 Å². The zero-order chi connectivity index (χ0) is 10.1. The number of carbonyl (C=O) groups excluding carboxylic acids is 1. The zero-order valence-electron chi connectivity index (χ0n) is 6.27. The van der Waals surface area contributed by atoms with Crippen LogP contribution in [0.3, 0.4) is 0 Å². The lowest BCUT2D eigenvalue weighted by Crippen LogP contribution is -2.03. The molecule has 0 saturated heterocycles. The van der Waals surface area contributed by atoms with Crippen LogP contribution in [0.4, 0.5) is 0 Å². The Morgan fingerprint density at radius 3 is 2.38 bits per heavy atom. The van der Waals surface area contributed by atoms with Crippen molar-refractivity contribution < 1.29 is 17.8 Å². The summed E-state index contributed by atoms with van der Waals surface area (Å²) in [7, 11) is -4.44. The van der Waals surface area contributed by atoms with E-state index in [2.05, 4.69) is 0 Å². The number of benzene rings is 1. The molecule has 13 heavy (non-hydrogen) atoms. The van der Waals surface area contributed by atoms with Gasteiger partial charge < -0.3 is 0 Å². The largest absolute Gasteiger partial charge is 0.298 e. The van der Waals surface area contributed by atoms with Gasteiger partial charge in [0.25, 0.3) is 10.1 Å². The molecule has 70 valence electrons. The summed E-state index contributed by atoms with van der Waals surface area (Å²) < 4.78 is 30.2. The normalized spacial score (nSPS) is 11.2. The Bertz CT molecular complexity index is 438. The summed E-state index contributed by atoms with van der Waals surface area (Å²) in [5.41, 5.74) is -0.157. The van der Waals surface area contributed by atoms with E-state index < -0.39 is 15.0 Å². The predicted molar refractivity (Wildman–Crippen MR) is 46.7 cm³/mol. The maximum atomic E-state index is 10.7. The van der Waals surface area contributed by atoms with Crippen LogP contribution in [0.5, 0.6) is 0 Å². The van der Waals surface area contributed by atoms with E-state index in [9.17, 15) is 13.2 Å². The van der Waals surface area contributed by atoms with E-state index in [1.807, 2.05) is 0 Å². The van der Waals surface area contributed by atoms with E-state index >= 15 is 0 Å². The fraction of sp³-hybridized carbons (Fsp3) is 0. The van der Waals surface area contributed by atoms with Crippen molar-refractivity contribution >= 4 is 28.0 Å². The summed E-state index contributed by atoms with van der Waals surface area (Å²) in [5, 5.41) is -0.174. The molecule has 0 bridgehead atoms. The van der Waals surface area contributed by atoms with E-state index in [1.54, 1.807) is 0 Å². The first-order valence-corrected chi connectivity index (χ1v) is 5.00. The highest BCUT2D eigenvalue weighted by Crippen LogP contribution is 2.23. The molecule has 0 aliphatic carbocycles. The lowest BCUT2D eigenvalue weighted by molar-refractivity contribution is 0.112. The van der Waals surface area contributed by atoms with E-state index in [4.69, 9.17) is 16.2 Å². The van der Waals surface area contributed by atoms with Gasteiger partial charge >= 0.3 is 0 Å². The Labute approximate surface area is 79.9 Å². The summed E-state index contributed by atoms with van der Waals surface area (Å²) >= 11 is 5.49. The van der Waals surface area contributed by atoms with Crippen LogP contribution in [-0.2, 0) is 10.1 Å². The van der Waals surface area contributed by atoms with Crippen LogP contribution in [0.15, 0.2) is 23.1 Å². The first-order chi connectivity index (χ1) is 5.96. The molecule has 0 aliphatic heterocycles. The number of rotatable bonds is 2. The number of halogens is 1. The Balaban J connectivity index is 3.59. The van der Waals surface area contributed by atoms with Gasteiger partial charge in [0, 0.05) is 5.56 Å². The van der Waals surface area contributed by atoms with Crippen LogP contribution in [0, 0.1) is 0 Å². The molecule has 6 heteroatoms. The summed E-state index contributed by atoms with van der Waals surface area (Å²) in [6, 6.07) is 3.94. The maximum Gasteiger partial charge on any atom is 0.296 e. The Morgan fingerprint density at radius 1 is 1.38 bits per heavy atom. The maximum absolute atomic E-state index is 10.7. The molecule has 0 atom stereocenters. The van der Waals surface area contributed by atoms with E-state index in [0.717, 1.165) is 0 Å². The smallest absolute Gasteiger partial charge is 0.296 e. The molecule has 4 nitrogen and oxygen atoms in total. The van der Waals surface area contributed by atoms with Crippen molar-refractivity contribution in [3.8, 4) is 0 Å². The quantitative estimate of drug-likeness (QED) is 0.604. The number of hydrogen-bond donors (Lipinski definition) is 1. The second kappa shape index (κ2) is 3.45. The molecule has 0 spiro atoms. The van der Waals surface area contributed by atoms with Gasteiger partial charge in [-0.15, -0.1) is 0 Å². The Morgan fingerprint density at radius 2 is 2.00 bits per heavy atom. The molecule has 0 fully saturated rings. The van der Waals surface area contributed by atoms with Gasteiger partial charge in [-0.3, -0.25) is 9.35 Å². The summed E-state index contributed by atoms with van der Waals surface area (Å²) in [4.78, 5) is 9.84. The van der Waals surface area contributed by atoms with E-state index in [0.29, 0.717) is 6.29 Å². The van der Waals surface area contributed by atoms with Crippen molar-refractivity contribution in [1.29, 1.82) is 0 Å². The third kappa shape index (κ3) is 2.06. The van der Waals surface area contributed by atoms with Crippen molar-refractivity contribution in [3.63, 3.8) is 0 Å². The van der Waals surface area contributed by atoms with Gasteiger partial charge in [-0.2, -0.15) is 8.42 Å². The molecule has 1 aromatic carbocycles. The number of hydrogen-bond acceptors (Lipinski definition) is 3. The zero-order valence-corrected chi connectivity index (χ0v) is 7.84.